The van der Waals surface area contributed by atoms with Crippen molar-refractivity contribution in [3.63, 3.8) is 0 Å². The highest BCUT2D eigenvalue weighted by atomic mass is 32.1. The molecule has 0 unspecified atom stereocenters. The Bertz CT molecular complexity index is 518. The van der Waals surface area contributed by atoms with Crippen LogP contribution in [-0.2, 0) is 0 Å². The van der Waals surface area contributed by atoms with Gasteiger partial charge in [-0.25, -0.2) is 0 Å². The summed E-state index contributed by atoms with van der Waals surface area (Å²) < 4.78 is 35.8. The molecule has 9 heteroatoms. The lowest BCUT2D eigenvalue weighted by Gasteiger charge is -2.07. The van der Waals surface area contributed by atoms with Crippen LogP contribution < -0.4 is 16.8 Å². The molecule has 1 rings (SSSR count). The molecule has 19 heavy (non-hydrogen) atoms. The fourth-order valence-electron chi connectivity index (χ4n) is 1.35. The lowest BCUT2D eigenvalue weighted by Crippen LogP contribution is -2.11. The number of rotatable bonds is 5. The first-order valence-corrected chi connectivity index (χ1v) is 6.00. The minimum atomic E-state index is -4.22. The number of carbonyl (C=O) groups excluding carboxylic acids is 1. The second-order valence-electron chi connectivity index (χ2n) is 3.67. The molecule has 1 amide bonds. The summed E-state index contributed by atoms with van der Waals surface area (Å²) in [6.45, 7) is 0.0202. The lowest BCUT2D eigenvalue weighted by atomic mass is 10.2. The van der Waals surface area contributed by atoms with Crippen LogP contribution in [0, 0.1) is 11.3 Å². The number of thiophene rings is 1. The van der Waals surface area contributed by atoms with E-state index in [1.807, 2.05) is 0 Å². The molecule has 0 saturated heterocycles. The van der Waals surface area contributed by atoms with E-state index in [0.29, 0.717) is 0 Å². The molecule has 1 aromatic heterocycles. The van der Waals surface area contributed by atoms with Gasteiger partial charge in [0.05, 0.1) is 5.69 Å². The number of alkyl halides is 3. The number of primary amides is 1. The van der Waals surface area contributed by atoms with Gasteiger partial charge in [0.1, 0.15) is 21.5 Å². The van der Waals surface area contributed by atoms with E-state index in [4.69, 9.17) is 16.7 Å². The van der Waals surface area contributed by atoms with Gasteiger partial charge in [-0.3, -0.25) is 4.79 Å². The average molecular weight is 292 g/mol. The zero-order chi connectivity index (χ0) is 14.6. The summed E-state index contributed by atoms with van der Waals surface area (Å²) in [6.07, 6.45) is -5.28. The van der Waals surface area contributed by atoms with Crippen molar-refractivity contribution in [2.45, 2.75) is 19.0 Å². The van der Waals surface area contributed by atoms with Gasteiger partial charge < -0.3 is 16.8 Å². The van der Waals surface area contributed by atoms with Gasteiger partial charge in [0.15, 0.2) is 0 Å². The van der Waals surface area contributed by atoms with Crippen LogP contribution >= 0.6 is 11.3 Å². The van der Waals surface area contributed by atoms with Crippen LogP contribution in [-0.4, -0.2) is 18.6 Å². The maximum Gasteiger partial charge on any atom is 0.389 e. The topological polar surface area (TPSA) is 105 Å². The van der Waals surface area contributed by atoms with Gasteiger partial charge in [-0.2, -0.15) is 18.4 Å². The smallest absolute Gasteiger partial charge is 0.389 e. The van der Waals surface area contributed by atoms with Crippen LogP contribution in [0.2, 0.25) is 0 Å². The number of carbonyl (C=O) groups is 1. The van der Waals surface area contributed by atoms with Crippen molar-refractivity contribution in [1.82, 2.24) is 0 Å². The third-order valence-corrected chi connectivity index (χ3v) is 3.38. The maximum atomic E-state index is 11.9. The third-order valence-electron chi connectivity index (χ3n) is 2.20. The van der Waals surface area contributed by atoms with E-state index >= 15 is 0 Å². The predicted molar refractivity (Wildman–Crippen MR) is 65.7 cm³/mol. The van der Waals surface area contributed by atoms with E-state index in [9.17, 15) is 18.0 Å². The number of amides is 1. The molecular weight excluding hydrogens is 281 g/mol. The van der Waals surface area contributed by atoms with Crippen molar-refractivity contribution in [3.8, 4) is 6.07 Å². The third kappa shape index (κ3) is 4.03. The number of nitrogens with zero attached hydrogens (tertiary/aromatic N) is 1. The number of hydrogen-bond donors (Lipinski definition) is 3. The fourth-order valence-corrected chi connectivity index (χ4v) is 2.30. The van der Waals surface area contributed by atoms with Gasteiger partial charge in [-0.15, -0.1) is 11.3 Å². The number of nitrogens with two attached hydrogens (primary N) is 2. The Morgan fingerprint density at radius 3 is 2.58 bits per heavy atom. The zero-order valence-corrected chi connectivity index (χ0v) is 10.5. The van der Waals surface area contributed by atoms with E-state index in [-0.39, 0.29) is 34.1 Å². The quantitative estimate of drug-likeness (QED) is 0.722. The van der Waals surface area contributed by atoms with Crippen LogP contribution in [0.4, 0.5) is 23.9 Å². The Balaban J connectivity index is 2.72. The molecule has 1 aromatic rings. The minimum absolute atomic E-state index is 0.0202. The molecule has 0 aliphatic rings. The molecule has 0 fully saturated rings. The number of anilines is 2. The van der Waals surface area contributed by atoms with E-state index in [1.54, 1.807) is 6.07 Å². The summed E-state index contributed by atoms with van der Waals surface area (Å²) in [4.78, 5) is 11.1. The first kappa shape index (κ1) is 15.1. The van der Waals surface area contributed by atoms with Gasteiger partial charge in [-0.1, -0.05) is 0 Å². The van der Waals surface area contributed by atoms with Gasteiger partial charge in [0.2, 0.25) is 0 Å². The molecule has 5 N–H and O–H groups in total. The predicted octanol–water partition coefficient (Wildman–Crippen LogP) is 2.06. The first-order chi connectivity index (χ1) is 8.76. The fraction of sp³-hybridized carbons (Fsp3) is 0.400. The van der Waals surface area contributed by atoms with E-state index in [1.165, 1.54) is 0 Å². The van der Waals surface area contributed by atoms with Gasteiger partial charge in [0.25, 0.3) is 5.91 Å². The molecule has 0 saturated carbocycles. The van der Waals surface area contributed by atoms with Crippen LogP contribution in [0.15, 0.2) is 0 Å². The minimum Gasteiger partial charge on any atom is -0.396 e. The molecule has 0 atom stereocenters. The summed E-state index contributed by atoms with van der Waals surface area (Å²) in [5.74, 6) is -0.776. The second-order valence-corrected chi connectivity index (χ2v) is 4.69. The van der Waals surface area contributed by atoms with Crippen LogP contribution in [0.25, 0.3) is 0 Å². The van der Waals surface area contributed by atoms with Crippen LogP contribution in [0.3, 0.4) is 0 Å². The highest BCUT2D eigenvalue weighted by Crippen LogP contribution is 2.34. The Kier molecular flexibility index (Phi) is 4.61. The van der Waals surface area contributed by atoms with Crippen molar-refractivity contribution < 1.29 is 18.0 Å². The van der Waals surface area contributed by atoms with Crippen LogP contribution in [0.5, 0.6) is 0 Å². The molecule has 0 aliphatic heterocycles. The van der Waals surface area contributed by atoms with E-state index in [2.05, 4.69) is 5.32 Å². The highest BCUT2D eigenvalue weighted by Gasteiger charge is 2.26. The molecular formula is C10H11F3N4OS. The Morgan fingerprint density at radius 1 is 1.47 bits per heavy atom. The number of halogens is 3. The van der Waals surface area contributed by atoms with Crippen molar-refractivity contribution in [2.75, 3.05) is 17.6 Å². The second kappa shape index (κ2) is 5.79. The Hall–Kier alpha value is -1.95. The van der Waals surface area contributed by atoms with E-state index < -0.39 is 18.5 Å². The van der Waals surface area contributed by atoms with Crippen molar-refractivity contribution in [3.05, 3.63) is 10.4 Å². The molecule has 0 aliphatic carbocycles. The molecule has 0 bridgehead atoms. The molecule has 0 radical (unpaired) electrons. The monoisotopic (exact) mass is 292 g/mol. The normalized spacial score (nSPS) is 11.1. The number of hydrogen-bond acceptors (Lipinski definition) is 5. The summed E-state index contributed by atoms with van der Waals surface area (Å²) in [5.41, 5.74) is 10.6. The number of nitrogen functional groups attached to an aromatic ring is 1. The first-order valence-electron chi connectivity index (χ1n) is 5.19. The lowest BCUT2D eigenvalue weighted by molar-refractivity contribution is -0.134. The standard InChI is InChI=1S/C10H11F3N4OS/c11-10(12,13)2-1-3-17-9-5(4-14)6(15)7(19-9)8(16)18/h17H,1-3,15H2,(H2,16,18). The molecule has 0 spiro atoms. The largest absolute Gasteiger partial charge is 0.396 e. The van der Waals surface area contributed by atoms with Gasteiger partial charge >= 0.3 is 6.18 Å². The number of nitrogens with one attached hydrogen (secondary N) is 1. The van der Waals surface area contributed by atoms with Gasteiger partial charge in [-0.05, 0) is 6.42 Å². The molecule has 0 aromatic carbocycles. The maximum absolute atomic E-state index is 11.9. The SMILES string of the molecule is N#Cc1c(NCCCC(F)(F)F)sc(C(N)=O)c1N. The van der Waals surface area contributed by atoms with Crippen LogP contribution in [0.1, 0.15) is 28.1 Å². The summed E-state index contributed by atoms with van der Waals surface area (Å²) in [5, 5.41) is 11.8. The molecule has 1 heterocycles. The Labute approximate surface area is 111 Å². The summed E-state index contributed by atoms with van der Waals surface area (Å²) in [6, 6.07) is 1.79. The number of nitriles is 1. The molecule has 104 valence electrons. The molecule has 5 nitrogen and oxygen atoms in total. The van der Waals surface area contributed by atoms with Crippen molar-refractivity contribution >= 4 is 27.9 Å². The summed E-state index contributed by atoms with van der Waals surface area (Å²) in [7, 11) is 0. The summed E-state index contributed by atoms with van der Waals surface area (Å²) >= 11 is 0.862. The Morgan fingerprint density at radius 2 is 2.11 bits per heavy atom. The highest BCUT2D eigenvalue weighted by molar-refractivity contribution is 7.18. The van der Waals surface area contributed by atoms with Crippen molar-refractivity contribution in [2.24, 2.45) is 5.73 Å². The average Bonchev–Trinajstić information content (AvgIpc) is 2.60. The van der Waals surface area contributed by atoms with Crippen molar-refractivity contribution in [1.29, 1.82) is 5.26 Å². The zero-order valence-electron chi connectivity index (χ0n) is 9.67. The van der Waals surface area contributed by atoms with E-state index in [0.717, 1.165) is 11.3 Å². The van der Waals surface area contributed by atoms with Gasteiger partial charge in [0, 0.05) is 13.0 Å².